The summed E-state index contributed by atoms with van der Waals surface area (Å²) in [5, 5.41) is 2.38. The number of esters is 1. The minimum atomic E-state index is -2.95. The summed E-state index contributed by atoms with van der Waals surface area (Å²) in [5.41, 5.74) is 0. The number of carbonyl (C=O) groups excluding carboxylic acids is 2. The first-order chi connectivity index (χ1) is 7.43. The van der Waals surface area contributed by atoms with Gasteiger partial charge in [0, 0.05) is 6.42 Å². The Hall–Kier alpha value is -1.11. The fourth-order valence-electron chi connectivity index (χ4n) is 1.61. The fourth-order valence-corrected chi connectivity index (χ4v) is 3.47. The van der Waals surface area contributed by atoms with E-state index in [1.807, 2.05) is 0 Å². The van der Waals surface area contributed by atoms with E-state index in [0.29, 0.717) is 6.42 Å². The largest absolute Gasteiger partial charge is 0.468 e. The molecular weight excluding hydrogens is 234 g/mol. The molecule has 1 atom stereocenters. The first-order valence-electron chi connectivity index (χ1n) is 4.97. The van der Waals surface area contributed by atoms with Gasteiger partial charge in [-0.25, -0.2) is 8.42 Å². The number of ether oxygens (including phenoxy) is 1. The molecule has 92 valence electrons. The second-order valence-corrected chi connectivity index (χ2v) is 6.05. The highest BCUT2D eigenvalue weighted by Gasteiger charge is 2.29. The molecule has 0 aliphatic carbocycles. The second-order valence-electron chi connectivity index (χ2n) is 3.83. The van der Waals surface area contributed by atoms with E-state index < -0.39 is 15.8 Å². The number of sulfone groups is 1. The molecule has 7 heteroatoms. The van der Waals surface area contributed by atoms with Crippen LogP contribution in [0.4, 0.5) is 0 Å². The Labute approximate surface area is 94.3 Å². The highest BCUT2D eigenvalue weighted by Crippen LogP contribution is 2.21. The van der Waals surface area contributed by atoms with Crippen molar-refractivity contribution in [3.8, 4) is 0 Å². The number of rotatable bonds is 4. The zero-order valence-electron chi connectivity index (χ0n) is 9.06. The van der Waals surface area contributed by atoms with Crippen molar-refractivity contribution in [1.82, 2.24) is 5.32 Å². The Morgan fingerprint density at radius 1 is 1.44 bits per heavy atom. The van der Waals surface area contributed by atoms with Crippen LogP contribution in [0.2, 0.25) is 0 Å². The maximum absolute atomic E-state index is 11.3. The van der Waals surface area contributed by atoms with E-state index >= 15 is 0 Å². The molecule has 0 aromatic heterocycles. The lowest BCUT2D eigenvalue weighted by Gasteiger charge is -2.07. The quantitative estimate of drug-likeness (QED) is 0.652. The molecule has 0 aromatic carbocycles. The van der Waals surface area contributed by atoms with Crippen molar-refractivity contribution >= 4 is 21.7 Å². The molecule has 0 bridgehead atoms. The number of methoxy groups -OCH3 is 1. The van der Waals surface area contributed by atoms with Crippen LogP contribution in [0, 0.1) is 5.92 Å². The van der Waals surface area contributed by atoms with Crippen molar-refractivity contribution in [1.29, 1.82) is 0 Å². The molecule has 1 rings (SSSR count). The Kier molecular flexibility index (Phi) is 4.28. The highest BCUT2D eigenvalue weighted by atomic mass is 32.2. The van der Waals surface area contributed by atoms with E-state index in [1.165, 1.54) is 7.11 Å². The predicted octanol–water partition coefficient (Wildman–Crippen LogP) is -0.900. The molecule has 16 heavy (non-hydrogen) atoms. The van der Waals surface area contributed by atoms with Gasteiger partial charge in [-0.15, -0.1) is 0 Å². The van der Waals surface area contributed by atoms with Crippen molar-refractivity contribution in [2.75, 3.05) is 25.2 Å². The monoisotopic (exact) mass is 249 g/mol. The summed E-state index contributed by atoms with van der Waals surface area (Å²) in [7, 11) is -1.71. The van der Waals surface area contributed by atoms with Crippen molar-refractivity contribution in [3.05, 3.63) is 0 Å². The molecule has 1 unspecified atom stereocenters. The van der Waals surface area contributed by atoms with Gasteiger partial charge in [-0.05, 0) is 12.3 Å². The fraction of sp³-hybridized carbons (Fsp3) is 0.778. The zero-order chi connectivity index (χ0) is 12.2. The van der Waals surface area contributed by atoms with Gasteiger partial charge in [0.25, 0.3) is 0 Å². The average molecular weight is 249 g/mol. The van der Waals surface area contributed by atoms with Gasteiger partial charge in [-0.1, -0.05) is 0 Å². The van der Waals surface area contributed by atoms with E-state index in [4.69, 9.17) is 0 Å². The molecule has 1 fully saturated rings. The molecule has 1 aliphatic rings. The van der Waals surface area contributed by atoms with Crippen LogP contribution >= 0.6 is 0 Å². The Balaban J connectivity index is 2.28. The number of hydrogen-bond donors (Lipinski definition) is 1. The smallest absolute Gasteiger partial charge is 0.325 e. The van der Waals surface area contributed by atoms with Crippen LogP contribution < -0.4 is 5.32 Å². The van der Waals surface area contributed by atoms with Crippen molar-refractivity contribution in [2.45, 2.75) is 12.8 Å². The van der Waals surface area contributed by atoms with Crippen molar-refractivity contribution in [3.63, 3.8) is 0 Å². The van der Waals surface area contributed by atoms with E-state index in [2.05, 4.69) is 10.1 Å². The Morgan fingerprint density at radius 3 is 2.62 bits per heavy atom. The first-order valence-corrected chi connectivity index (χ1v) is 6.79. The van der Waals surface area contributed by atoms with Gasteiger partial charge in [0.2, 0.25) is 5.91 Å². The molecule has 0 aromatic rings. The van der Waals surface area contributed by atoms with E-state index in [-0.39, 0.29) is 36.3 Å². The third kappa shape index (κ3) is 4.18. The summed E-state index contributed by atoms with van der Waals surface area (Å²) < 4.78 is 26.6. The lowest BCUT2D eigenvalue weighted by atomic mass is 10.1. The SMILES string of the molecule is COC(=O)CNC(=O)CC1CCS(=O)(=O)C1. The van der Waals surface area contributed by atoms with Gasteiger partial charge in [0.05, 0.1) is 18.6 Å². The molecule has 1 amide bonds. The predicted molar refractivity (Wildman–Crippen MR) is 56.4 cm³/mol. The number of amides is 1. The van der Waals surface area contributed by atoms with E-state index in [1.54, 1.807) is 0 Å². The Morgan fingerprint density at radius 2 is 2.12 bits per heavy atom. The third-order valence-electron chi connectivity index (χ3n) is 2.46. The van der Waals surface area contributed by atoms with Crippen molar-refractivity contribution < 1.29 is 22.7 Å². The summed E-state index contributed by atoms with van der Waals surface area (Å²) in [6.45, 7) is -0.172. The van der Waals surface area contributed by atoms with Crippen LogP contribution in [-0.4, -0.2) is 45.5 Å². The van der Waals surface area contributed by atoms with Gasteiger partial charge < -0.3 is 10.1 Å². The highest BCUT2D eigenvalue weighted by molar-refractivity contribution is 7.91. The van der Waals surface area contributed by atoms with E-state index in [9.17, 15) is 18.0 Å². The molecule has 1 saturated heterocycles. The van der Waals surface area contributed by atoms with Crippen LogP contribution in [0.15, 0.2) is 0 Å². The van der Waals surface area contributed by atoms with E-state index in [0.717, 1.165) is 0 Å². The van der Waals surface area contributed by atoms with Gasteiger partial charge in [0.1, 0.15) is 6.54 Å². The van der Waals surface area contributed by atoms with Gasteiger partial charge in [-0.3, -0.25) is 9.59 Å². The first kappa shape index (κ1) is 13.0. The lowest BCUT2D eigenvalue weighted by molar-refractivity contribution is -0.141. The van der Waals surface area contributed by atoms with Crippen LogP contribution in [0.3, 0.4) is 0 Å². The summed E-state index contributed by atoms with van der Waals surface area (Å²) in [6, 6.07) is 0. The Bertz CT molecular complexity index is 375. The van der Waals surface area contributed by atoms with Crippen LogP contribution in [-0.2, 0) is 24.2 Å². The molecule has 0 spiro atoms. The molecule has 0 radical (unpaired) electrons. The number of carbonyl (C=O) groups is 2. The standard InChI is InChI=1S/C9H15NO5S/c1-15-9(12)5-10-8(11)4-7-2-3-16(13,14)6-7/h7H,2-6H2,1H3,(H,10,11). The molecule has 6 nitrogen and oxygen atoms in total. The van der Waals surface area contributed by atoms with Gasteiger partial charge >= 0.3 is 5.97 Å². The topological polar surface area (TPSA) is 89.5 Å². The van der Waals surface area contributed by atoms with Crippen LogP contribution in [0.1, 0.15) is 12.8 Å². The molecule has 1 heterocycles. The third-order valence-corrected chi connectivity index (χ3v) is 4.30. The summed E-state index contributed by atoms with van der Waals surface area (Å²) in [5.74, 6) is -0.733. The molecule has 0 saturated carbocycles. The summed E-state index contributed by atoms with van der Waals surface area (Å²) in [6.07, 6.45) is 0.671. The normalized spacial score (nSPS) is 22.7. The average Bonchev–Trinajstić information content (AvgIpc) is 2.54. The van der Waals surface area contributed by atoms with Gasteiger partial charge in [-0.2, -0.15) is 0 Å². The summed E-state index contributed by atoms with van der Waals surface area (Å²) >= 11 is 0. The second kappa shape index (κ2) is 5.29. The van der Waals surface area contributed by atoms with Gasteiger partial charge in [0.15, 0.2) is 9.84 Å². The maximum atomic E-state index is 11.3. The summed E-state index contributed by atoms with van der Waals surface area (Å²) in [4.78, 5) is 22.0. The molecule has 1 N–H and O–H groups in total. The van der Waals surface area contributed by atoms with Crippen molar-refractivity contribution in [2.24, 2.45) is 5.92 Å². The zero-order valence-corrected chi connectivity index (χ0v) is 9.88. The number of nitrogens with one attached hydrogen (secondary N) is 1. The molecule has 1 aliphatic heterocycles. The maximum Gasteiger partial charge on any atom is 0.325 e. The number of hydrogen-bond acceptors (Lipinski definition) is 5. The minimum absolute atomic E-state index is 0.0681. The lowest BCUT2D eigenvalue weighted by Crippen LogP contribution is -2.31. The van der Waals surface area contributed by atoms with Crippen LogP contribution in [0.25, 0.3) is 0 Å². The molecular formula is C9H15NO5S. The minimum Gasteiger partial charge on any atom is -0.468 e. The van der Waals surface area contributed by atoms with Crippen LogP contribution in [0.5, 0.6) is 0 Å².